The standard InChI is InChI=1S/C12H7NOS2/c14-12(8-2-1-4-13-7-8)11-6-10-9(16-11)3-5-15-10/h1-7H. The van der Waals surface area contributed by atoms with Gasteiger partial charge in [-0.05, 0) is 29.6 Å². The molecule has 3 heterocycles. The van der Waals surface area contributed by atoms with E-state index in [0.29, 0.717) is 5.56 Å². The lowest BCUT2D eigenvalue weighted by Gasteiger charge is -1.95. The third-order valence-electron chi connectivity index (χ3n) is 2.29. The molecule has 3 rings (SSSR count). The average Bonchev–Trinajstić information content (AvgIpc) is 2.89. The topological polar surface area (TPSA) is 30.0 Å². The number of rotatable bonds is 2. The second kappa shape index (κ2) is 3.81. The van der Waals surface area contributed by atoms with Gasteiger partial charge in [-0.15, -0.1) is 22.7 Å². The molecular weight excluding hydrogens is 238 g/mol. The summed E-state index contributed by atoms with van der Waals surface area (Å²) in [7, 11) is 0. The second-order valence-corrected chi connectivity index (χ2v) is 5.36. The zero-order valence-electron chi connectivity index (χ0n) is 8.21. The van der Waals surface area contributed by atoms with E-state index >= 15 is 0 Å². The van der Waals surface area contributed by atoms with Gasteiger partial charge in [0.15, 0.2) is 0 Å². The SMILES string of the molecule is O=C(c1cccnc1)c1cc2sccc2s1. The van der Waals surface area contributed by atoms with Crippen molar-refractivity contribution >= 4 is 37.9 Å². The van der Waals surface area contributed by atoms with Crippen LogP contribution in [0.1, 0.15) is 15.2 Å². The first kappa shape index (κ1) is 9.69. The van der Waals surface area contributed by atoms with E-state index in [1.54, 1.807) is 35.9 Å². The number of thiophene rings is 2. The van der Waals surface area contributed by atoms with Crippen LogP contribution in [0.3, 0.4) is 0 Å². The normalized spacial score (nSPS) is 10.8. The van der Waals surface area contributed by atoms with Crippen molar-refractivity contribution < 1.29 is 4.79 Å². The summed E-state index contributed by atoms with van der Waals surface area (Å²) in [4.78, 5) is 16.8. The highest BCUT2D eigenvalue weighted by Crippen LogP contribution is 2.31. The highest BCUT2D eigenvalue weighted by molar-refractivity contribution is 7.28. The van der Waals surface area contributed by atoms with E-state index in [1.807, 2.05) is 17.5 Å². The first-order chi connectivity index (χ1) is 7.84. The summed E-state index contributed by atoms with van der Waals surface area (Å²) in [5.41, 5.74) is 0.649. The Hall–Kier alpha value is -1.52. The van der Waals surface area contributed by atoms with Crippen LogP contribution < -0.4 is 0 Å². The van der Waals surface area contributed by atoms with Gasteiger partial charge in [0.1, 0.15) is 0 Å². The molecule has 0 aliphatic carbocycles. The van der Waals surface area contributed by atoms with Gasteiger partial charge in [-0.2, -0.15) is 0 Å². The number of pyridine rings is 1. The second-order valence-electron chi connectivity index (χ2n) is 3.33. The minimum Gasteiger partial charge on any atom is -0.288 e. The van der Waals surface area contributed by atoms with Gasteiger partial charge < -0.3 is 0 Å². The minimum absolute atomic E-state index is 0.0569. The Kier molecular flexibility index (Phi) is 2.31. The molecule has 78 valence electrons. The molecule has 2 nitrogen and oxygen atoms in total. The van der Waals surface area contributed by atoms with Gasteiger partial charge in [-0.3, -0.25) is 9.78 Å². The van der Waals surface area contributed by atoms with Crippen molar-refractivity contribution in [1.29, 1.82) is 0 Å². The number of carbonyl (C=O) groups is 1. The lowest BCUT2D eigenvalue weighted by molar-refractivity contribution is 0.104. The van der Waals surface area contributed by atoms with Crippen molar-refractivity contribution in [2.24, 2.45) is 0 Å². The molecule has 0 aromatic carbocycles. The summed E-state index contributed by atoms with van der Waals surface area (Å²) in [6, 6.07) is 7.58. The molecule has 0 amide bonds. The molecule has 3 aromatic rings. The van der Waals surface area contributed by atoms with Gasteiger partial charge in [0.2, 0.25) is 5.78 Å². The first-order valence-electron chi connectivity index (χ1n) is 4.76. The fraction of sp³-hybridized carbons (Fsp3) is 0. The fourth-order valence-electron chi connectivity index (χ4n) is 1.52. The number of hydrogen-bond donors (Lipinski definition) is 0. The van der Waals surface area contributed by atoms with Crippen LogP contribution in [0.5, 0.6) is 0 Å². The number of aromatic nitrogens is 1. The largest absolute Gasteiger partial charge is 0.288 e. The van der Waals surface area contributed by atoms with Crippen molar-refractivity contribution in [3.63, 3.8) is 0 Å². The molecule has 0 aliphatic rings. The summed E-state index contributed by atoms with van der Waals surface area (Å²) in [6.07, 6.45) is 3.28. The molecule has 0 bridgehead atoms. The van der Waals surface area contributed by atoms with Crippen molar-refractivity contribution in [3.8, 4) is 0 Å². The fourth-order valence-corrected chi connectivity index (χ4v) is 3.59. The molecule has 0 spiro atoms. The molecule has 0 unspecified atom stereocenters. The van der Waals surface area contributed by atoms with Crippen molar-refractivity contribution in [1.82, 2.24) is 4.98 Å². The number of nitrogens with zero attached hydrogens (tertiary/aromatic N) is 1. The molecule has 3 aromatic heterocycles. The van der Waals surface area contributed by atoms with E-state index in [1.165, 1.54) is 20.7 Å². The number of carbonyl (C=O) groups excluding carboxylic acids is 1. The summed E-state index contributed by atoms with van der Waals surface area (Å²) < 4.78 is 2.36. The predicted molar refractivity (Wildman–Crippen MR) is 67.4 cm³/mol. The molecule has 0 atom stereocenters. The summed E-state index contributed by atoms with van der Waals surface area (Å²) >= 11 is 3.20. The van der Waals surface area contributed by atoms with E-state index in [9.17, 15) is 4.79 Å². The van der Waals surface area contributed by atoms with Gasteiger partial charge in [-0.25, -0.2) is 0 Å². The predicted octanol–water partition coefficient (Wildman–Crippen LogP) is 3.59. The van der Waals surface area contributed by atoms with Gasteiger partial charge >= 0.3 is 0 Å². The first-order valence-corrected chi connectivity index (χ1v) is 6.46. The van der Waals surface area contributed by atoms with Crippen LogP contribution in [-0.2, 0) is 0 Å². The highest BCUT2D eigenvalue weighted by Gasteiger charge is 2.12. The van der Waals surface area contributed by atoms with Crippen LogP contribution in [0.25, 0.3) is 9.40 Å². The van der Waals surface area contributed by atoms with E-state index in [0.717, 1.165) is 4.88 Å². The molecule has 0 N–H and O–H groups in total. The Morgan fingerprint density at radius 3 is 2.94 bits per heavy atom. The van der Waals surface area contributed by atoms with Crippen LogP contribution in [0, 0.1) is 0 Å². The van der Waals surface area contributed by atoms with E-state index < -0.39 is 0 Å². The molecule has 0 aliphatic heterocycles. The highest BCUT2D eigenvalue weighted by atomic mass is 32.1. The van der Waals surface area contributed by atoms with Gasteiger partial charge in [-0.1, -0.05) is 0 Å². The third-order valence-corrected chi connectivity index (χ3v) is 4.38. The molecule has 0 fully saturated rings. The number of ketones is 1. The Labute approximate surface area is 100 Å². The molecule has 4 heteroatoms. The lowest BCUT2D eigenvalue weighted by Crippen LogP contribution is -1.98. The van der Waals surface area contributed by atoms with Crippen molar-refractivity contribution in [2.45, 2.75) is 0 Å². The maximum atomic E-state index is 12.1. The smallest absolute Gasteiger partial charge is 0.204 e. The summed E-state index contributed by atoms with van der Waals surface area (Å²) in [6.45, 7) is 0. The Bertz CT molecular complexity index is 611. The quantitative estimate of drug-likeness (QED) is 0.646. The van der Waals surface area contributed by atoms with Crippen LogP contribution >= 0.6 is 22.7 Å². The zero-order valence-corrected chi connectivity index (χ0v) is 9.85. The lowest BCUT2D eigenvalue weighted by atomic mass is 10.1. The van der Waals surface area contributed by atoms with E-state index in [2.05, 4.69) is 4.98 Å². The molecule has 0 saturated heterocycles. The van der Waals surface area contributed by atoms with Crippen LogP contribution in [0.15, 0.2) is 42.0 Å². The number of fused-ring (bicyclic) bond motifs is 1. The van der Waals surface area contributed by atoms with E-state index in [-0.39, 0.29) is 5.78 Å². The maximum Gasteiger partial charge on any atom is 0.204 e. The van der Waals surface area contributed by atoms with Crippen molar-refractivity contribution in [3.05, 3.63) is 52.5 Å². The Morgan fingerprint density at radius 1 is 1.25 bits per heavy atom. The van der Waals surface area contributed by atoms with Gasteiger partial charge in [0.05, 0.1) is 4.88 Å². The molecule has 16 heavy (non-hydrogen) atoms. The van der Waals surface area contributed by atoms with Gasteiger partial charge in [0, 0.05) is 27.4 Å². The van der Waals surface area contributed by atoms with Gasteiger partial charge in [0.25, 0.3) is 0 Å². The van der Waals surface area contributed by atoms with Crippen molar-refractivity contribution in [2.75, 3.05) is 0 Å². The molecule has 0 saturated carbocycles. The maximum absolute atomic E-state index is 12.1. The number of hydrogen-bond acceptors (Lipinski definition) is 4. The zero-order chi connectivity index (χ0) is 11.0. The Morgan fingerprint density at radius 2 is 2.19 bits per heavy atom. The third kappa shape index (κ3) is 1.56. The average molecular weight is 245 g/mol. The van der Waals surface area contributed by atoms with Crippen LogP contribution in [0.4, 0.5) is 0 Å². The monoisotopic (exact) mass is 245 g/mol. The van der Waals surface area contributed by atoms with Crippen LogP contribution in [-0.4, -0.2) is 10.8 Å². The van der Waals surface area contributed by atoms with Crippen LogP contribution in [0.2, 0.25) is 0 Å². The molecule has 0 radical (unpaired) electrons. The summed E-state index contributed by atoms with van der Waals surface area (Å²) in [5, 5.41) is 2.04. The molecular formula is C12H7NOS2. The minimum atomic E-state index is 0.0569. The van der Waals surface area contributed by atoms with E-state index in [4.69, 9.17) is 0 Å². The Balaban J connectivity index is 2.05. The summed E-state index contributed by atoms with van der Waals surface area (Å²) in [5.74, 6) is 0.0569.